The van der Waals surface area contributed by atoms with Gasteiger partial charge in [0.05, 0.1) is 13.2 Å². The van der Waals surface area contributed by atoms with Gasteiger partial charge in [0.1, 0.15) is 0 Å². The first-order chi connectivity index (χ1) is 9.58. The van der Waals surface area contributed by atoms with Gasteiger partial charge in [-0.1, -0.05) is 22.0 Å². The van der Waals surface area contributed by atoms with Crippen molar-refractivity contribution in [3.8, 4) is 0 Å². The molecule has 20 heavy (non-hydrogen) atoms. The van der Waals surface area contributed by atoms with Crippen LogP contribution in [0.3, 0.4) is 0 Å². The molecule has 1 rings (SSSR count). The smallest absolute Gasteiger partial charge is 0.0637 e. The number of rotatable bonds is 9. The van der Waals surface area contributed by atoms with E-state index < -0.39 is 0 Å². The van der Waals surface area contributed by atoms with Crippen molar-refractivity contribution in [2.75, 3.05) is 45.4 Å². The quantitative estimate of drug-likeness (QED) is 0.747. The second-order valence-corrected chi connectivity index (χ2v) is 5.78. The number of anilines is 1. The fraction of sp³-hybridized carbons (Fsp3) is 0.600. The van der Waals surface area contributed by atoms with E-state index in [-0.39, 0.29) is 6.04 Å². The van der Waals surface area contributed by atoms with E-state index in [0.29, 0.717) is 13.2 Å². The minimum absolute atomic E-state index is 0.162. The van der Waals surface area contributed by atoms with Crippen molar-refractivity contribution in [3.05, 3.63) is 28.2 Å². The lowest BCUT2D eigenvalue weighted by Gasteiger charge is -2.25. The summed E-state index contributed by atoms with van der Waals surface area (Å²) in [6.45, 7) is 5.10. The summed E-state index contributed by atoms with van der Waals surface area (Å²) < 4.78 is 11.4. The summed E-state index contributed by atoms with van der Waals surface area (Å²) >= 11 is 3.64. The highest BCUT2D eigenvalue weighted by atomic mass is 79.9. The number of ether oxygens (including phenoxy) is 2. The molecule has 0 fully saturated rings. The molecule has 0 saturated carbocycles. The first kappa shape index (κ1) is 17.4. The SMILES string of the molecule is COCCN(CCOC)c1ccc(CC(C)N)c(Br)c1. The van der Waals surface area contributed by atoms with Gasteiger partial charge in [0.15, 0.2) is 0 Å². The predicted octanol–water partition coefficient (Wildman–Crippen LogP) is 2.44. The lowest BCUT2D eigenvalue weighted by Crippen LogP contribution is -2.30. The Morgan fingerprint density at radius 1 is 1.20 bits per heavy atom. The molecule has 0 aromatic heterocycles. The molecule has 0 aliphatic heterocycles. The minimum atomic E-state index is 0.162. The summed E-state index contributed by atoms with van der Waals surface area (Å²) in [6, 6.07) is 6.57. The maximum Gasteiger partial charge on any atom is 0.0637 e. The number of hydrogen-bond acceptors (Lipinski definition) is 4. The van der Waals surface area contributed by atoms with E-state index in [9.17, 15) is 0 Å². The molecule has 0 heterocycles. The molecular formula is C15H25BrN2O2. The van der Waals surface area contributed by atoms with Crippen LogP contribution < -0.4 is 10.6 Å². The highest BCUT2D eigenvalue weighted by Crippen LogP contribution is 2.25. The Kier molecular flexibility index (Phi) is 8.14. The summed E-state index contributed by atoms with van der Waals surface area (Å²) in [6.07, 6.45) is 0.872. The summed E-state index contributed by atoms with van der Waals surface area (Å²) in [5, 5.41) is 0. The first-order valence-corrected chi connectivity index (χ1v) is 7.64. The van der Waals surface area contributed by atoms with E-state index in [2.05, 4.69) is 39.0 Å². The zero-order valence-electron chi connectivity index (χ0n) is 12.6. The Balaban J connectivity index is 2.81. The molecule has 2 N–H and O–H groups in total. The summed E-state index contributed by atoms with van der Waals surface area (Å²) in [5.41, 5.74) is 8.26. The number of nitrogens with zero attached hydrogens (tertiary/aromatic N) is 1. The molecule has 1 aromatic carbocycles. The van der Waals surface area contributed by atoms with Crippen molar-refractivity contribution in [1.82, 2.24) is 0 Å². The molecule has 0 saturated heterocycles. The molecule has 4 nitrogen and oxygen atoms in total. The number of nitrogens with two attached hydrogens (primary N) is 1. The van der Waals surface area contributed by atoms with Crippen LogP contribution in [0.15, 0.2) is 22.7 Å². The van der Waals surface area contributed by atoms with Crippen LogP contribution in [0.1, 0.15) is 12.5 Å². The van der Waals surface area contributed by atoms with Crippen LogP contribution in [-0.4, -0.2) is 46.6 Å². The van der Waals surface area contributed by atoms with Gasteiger partial charge in [-0.15, -0.1) is 0 Å². The number of methoxy groups -OCH3 is 2. The highest BCUT2D eigenvalue weighted by Gasteiger charge is 2.09. The third-order valence-electron chi connectivity index (χ3n) is 3.07. The van der Waals surface area contributed by atoms with Gasteiger partial charge in [0.2, 0.25) is 0 Å². The summed E-state index contributed by atoms with van der Waals surface area (Å²) in [4.78, 5) is 2.26. The average Bonchev–Trinajstić information content (AvgIpc) is 2.41. The largest absolute Gasteiger partial charge is 0.383 e. The van der Waals surface area contributed by atoms with Crippen LogP contribution in [0.5, 0.6) is 0 Å². The van der Waals surface area contributed by atoms with E-state index in [1.165, 1.54) is 11.3 Å². The minimum Gasteiger partial charge on any atom is -0.383 e. The monoisotopic (exact) mass is 344 g/mol. The summed E-state index contributed by atoms with van der Waals surface area (Å²) in [7, 11) is 3.44. The molecule has 0 amide bonds. The van der Waals surface area contributed by atoms with Gasteiger partial charge in [-0.25, -0.2) is 0 Å². The normalized spacial score (nSPS) is 12.4. The fourth-order valence-corrected chi connectivity index (χ4v) is 2.55. The van der Waals surface area contributed by atoms with Gasteiger partial charge < -0.3 is 20.1 Å². The highest BCUT2D eigenvalue weighted by molar-refractivity contribution is 9.10. The molecule has 0 aliphatic rings. The second-order valence-electron chi connectivity index (χ2n) is 4.93. The van der Waals surface area contributed by atoms with Crippen LogP contribution in [0.2, 0.25) is 0 Å². The van der Waals surface area contributed by atoms with E-state index in [0.717, 1.165) is 24.0 Å². The van der Waals surface area contributed by atoms with E-state index in [1.807, 2.05) is 6.92 Å². The van der Waals surface area contributed by atoms with Gasteiger partial charge in [-0.05, 0) is 31.0 Å². The van der Waals surface area contributed by atoms with Crippen LogP contribution in [-0.2, 0) is 15.9 Å². The molecule has 0 radical (unpaired) electrons. The van der Waals surface area contributed by atoms with Crippen LogP contribution in [0.25, 0.3) is 0 Å². The second kappa shape index (κ2) is 9.34. The average molecular weight is 345 g/mol. The van der Waals surface area contributed by atoms with E-state index >= 15 is 0 Å². The number of halogens is 1. The molecular weight excluding hydrogens is 320 g/mol. The Morgan fingerprint density at radius 3 is 2.25 bits per heavy atom. The van der Waals surface area contributed by atoms with Crippen molar-refractivity contribution in [1.29, 1.82) is 0 Å². The number of benzene rings is 1. The topological polar surface area (TPSA) is 47.7 Å². The molecule has 0 aliphatic carbocycles. The molecule has 114 valence electrons. The molecule has 1 atom stereocenters. The lowest BCUT2D eigenvalue weighted by atomic mass is 10.1. The van der Waals surface area contributed by atoms with Crippen molar-refractivity contribution < 1.29 is 9.47 Å². The Hall–Kier alpha value is -0.620. The molecule has 1 aromatic rings. The third kappa shape index (κ3) is 5.79. The van der Waals surface area contributed by atoms with Gasteiger partial charge in [0, 0.05) is 43.5 Å². The molecule has 0 spiro atoms. The van der Waals surface area contributed by atoms with E-state index in [1.54, 1.807) is 14.2 Å². The van der Waals surface area contributed by atoms with E-state index in [4.69, 9.17) is 15.2 Å². The standard InChI is InChI=1S/C15H25BrN2O2/c1-12(17)10-13-4-5-14(11-15(13)16)18(6-8-19-2)7-9-20-3/h4-5,11-12H,6-10,17H2,1-3H3. The van der Waals surface area contributed by atoms with Crippen LogP contribution in [0, 0.1) is 0 Å². The third-order valence-corrected chi connectivity index (χ3v) is 3.81. The van der Waals surface area contributed by atoms with Crippen molar-refractivity contribution in [2.24, 2.45) is 5.73 Å². The molecule has 5 heteroatoms. The van der Waals surface area contributed by atoms with Gasteiger partial charge in [-0.2, -0.15) is 0 Å². The van der Waals surface area contributed by atoms with Crippen molar-refractivity contribution in [2.45, 2.75) is 19.4 Å². The fourth-order valence-electron chi connectivity index (χ4n) is 2.02. The van der Waals surface area contributed by atoms with Gasteiger partial charge in [0.25, 0.3) is 0 Å². The molecule has 1 unspecified atom stereocenters. The zero-order valence-corrected chi connectivity index (χ0v) is 14.1. The summed E-state index contributed by atoms with van der Waals surface area (Å²) in [5.74, 6) is 0. The molecule has 0 bridgehead atoms. The van der Waals surface area contributed by atoms with Crippen molar-refractivity contribution >= 4 is 21.6 Å². The predicted molar refractivity (Wildman–Crippen MR) is 87.5 cm³/mol. The zero-order chi connectivity index (χ0) is 15.0. The van der Waals surface area contributed by atoms with Crippen molar-refractivity contribution in [3.63, 3.8) is 0 Å². The Labute approximate surface area is 130 Å². The first-order valence-electron chi connectivity index (χ1n) is 6.85. The van der Waals surface area contributed by atoms with Crippen LogP contribution >= 0.6 is 15.9 Å². The maximum absolute atomic E-state index is 5.86. The van der Waals surface area contributed by atoms with Gasteiger partial charge >= 0.3 is 0 Å². The lowest BCUT2D eigenvalue weighted by molar-refractivity contribution is 0.190. The van der Waals surface area contributed by atoms with Crippen LogP contribution in [0.4, 0.5) is 5.69 Å². The van der Waals surface area contributed by atoms with Gasteiger partial charge in [-0.3, -0.25) is 0 Å². The maximum atomic E-state index is 5.86. The Bertz CT molecular complexity index is 391. The number of hydrogen-bond donors (Lipinski definition) is 1. The Morgan fingerprint density at radius 2 is 1.80 bits per heavy atom.